The van der Waals surface area contributed by atoms with E-state index in [4.69, 9.17) is 9.40 Å². The minimum atomic E-state index is 0.584. The van der Waals surface area contributed by atoms with Gasteiger partial charge < -0.3 is 4.42 Å². The van der Waals surface area contributed by atoms with Crippen LogP contribution in [0.3, 0.4) is 0 Å². The highest BCUT2D eigenvalue weighted by molar-refractivity contribution is 5.91. The summed E-state index contributed by atoms with van der Waals surface area (Å²) in [6, 6.07) is 13.0. The Labute approximate surface area is 198 Å². The number of hydrogen-bond donors (Lipinski definition) is 0. The number of benzene rings is 1. The van der Waals surface area contributed by atoms with E-state index in [1.54, 1.807) is 0 Å². The molecular weight excluding hydrogens is 404 g/mol. The summed E-state index contributed by atoms with van der Waals surface area (Å²) in [4.78, 5) is 7.42. The standard InChI is InChI=1S/C30H38N2O/c1-23-12-13-28(30-27(23)16-21-33-30)25-10-7-18-32(19-14-25)20-15-26(29-11-5-6-17-31-29)22-24-8-3-2-4-9-24/h5-6,11-14,16-17,21,24,26H,2-4,7-10,15,18-20,22H2,1H3. The molecule has 0 amide bonds. The lowest BCUT2D eigenvalue weighted by atomic mass is 9.80. The molecule has 0 radical (unpaired) electrons. The van der Waals surface area contributed by atoms with Crippen LogP contribution in [-0.4, -0.2) is 29.5 Å². The fourth-order valence-corrected chi connectivity index (χ4v) is 6.00. The van der Waals surface area contributed by atoms with Crippen LogP contribution in [0.1, 0.15) is 80.5 Å². The highest BCUT2D eigenvalue weighted by Gasteiger charge is 2.22. The Balaban J connectivity index is 1.26. The fourth-order valence-electron chi connectivity index (χ4n) is 6.00. The van der Waals surface area contributed by atoms with Gasteiger partial charge in [0.1, 0.15) is 5.58 Å². The predicted octanol–water partition coefficient (Wildman–Crippen LogP) is 7.76. The molecule has 1 aromatic carbocycles. The highest BCUT2D eigenvalue weighted by Crippen LogP contribution is 2.35. The molecule has 1 aliphatic heterocycles. The van der Waals surface area contributed by atoms with Crippen molar-refractivity contribution in [3.05, 3.63) is 71.8 Å². The second-order valence-electron chi connectivity index (χ2n) is 10.2. The summed E-state index contributed by atoms with van der Waals surface area (Å²) in [6.45, 7) is 5.52. The molecular formula is C30H38N2O. The van der Waals surface area contributed by atoms with Gasteiger partial charge in [-0.05, 0) is 81.0 Å². The van der Waals surface area contributed by atoms with Crippen molar-refractivity contribution in [2.24, 2.45) is 5.92 Å². The lowest BCUT2D eigenvalue weighted by molar-refractivity contribution is 0.264. The number of allylic oxidation sites excluding steroid dienone is 1. The fraction of sp³-hybridized carbons (Fsp3) is 0.500. The summed E-state index contributed by atoms with van der Waals surface area (Å²) in [7, 11) is 0. The van der Waals surface area contributed by atoms with E-state index < -0.39 is 0 Å². The van der Waals surface area contributed by atoms with E-state index in [0.29, 0.717) is 5.92 Å². The Morgan fingerprint density at radius 1 is 1.06 bits per heavy atom. The predicted molar refractivity (Wildman–Crippen MR) is 137 cm³/mol. The summed E-state index contributed by atoms with van der Waals surface area (Å²) < 4.78 is 5.89. The summed E-state index contributed by atoms with van der Waals surface area (Å²) in [5.74, 6) is 1.47. The van der Waals surface area contributed by atoms with Gasteiger partial charge in [-0.1, -0.05) is 56.4 Å². The minimum absolute atomic E-state index is 0.584. The molecule has 3 nitrogen and oxygen atoms in total. The number of hydrogen-bond acceptors (Lipinski definition) is 3. The Kier molecular flexibility index (Phi) is 7.26. The molecule has 3 heterocycles. The maximum absolute atomic E-state index is 5.89. The average molecular weight is 443 g/mol. The number of furan rings is 1. The van der Waals surface area contributed by atoms with Crippen molar-refractivity contribution in [1.82, 2.24) is 9.88 Å². The third-order valence-corrected chi connectivity index (χ3v) is 7.94. The maximum Gasteiger partial charge on any atom is 0.141 e. The SMILES string of the molecule is Cc1ccc(C2=CCN(CCC(CC3CCCCC3)c3ccccn3)CCC2)c2occc12. The molecule has 0 bridgehead atoms. The molecule has 0 spiro atoms. The molecule has 3 aromatic rings. The van der Waals surface area contributed by atoms with Crippen LogP contribution in [0.15, 0.2) is 59.4 Å². The van der Waals surface area contributed by atoms with Gasteiger partial charge in [0.2, 0.25) is 0 Å². The summed E-state index contributed by atoms with van der Waals surface area (Å²) >= 11 is 0. The van der Waals surface area contributed by atoms with Crippen LogP contribution in [0.2, 0.25) is 0 Å². The van der Waals surface area contributed by atoms with E-state index >= 15 is 0 Å². The van der Waals surface area contributed by atoms with Crippen LogP contribution >= 0.6 is 0 Å². The van der Waals surface area contributed by atoms with Crippen molar-refractivity contribution >= 4 is 16.5 Å². The first-order chi connectivity index (χ1) is 16.3. The third-order valence-electron chi connectivity index (χ3n) is 7.94. The molecule has 33 heavy (non-hydrogen) atoms. The average Bonchev–Trinajstić information content (AvgIpc) is 3.24. The van der Waals surface area contributed by atoms with E-state index in [9.17, 15) is 0 Å². The minimum Gasteiger partial charge on any atom is -0.464 e. The third kappa shape index (κ3) is 5.41. The number of fused-ring (bicyclic) bond motifs is 1. The first-order valence-corrected chi connectivity index (χ1v) is 13.1. The quantitative estimate of drug-likeness (QED) is 0.374. The molecule has 5 rings (SSSR count). The van der Waals surface area contributed by atoms with Crippen molar-refractivity contribution in [1.29, 1.82) is 0 Å². The first kappa shape index (κ1) is 22.4. The van der Waals surface area contributed by atoms with E-state index in [-0.39, 0.29) is 0 Å². The molecule has 1 saturated carbocycles. The van der Waals surface area contributed by atoms with E-state index in [1.165, 1.54) is 85.7 Å². The number of aromatic nitrogens is 1. The molecule has 0 N–H and O–H groups in total. The maximum atomic E-state index is 5.89. The summed E-state index contributed by atoms with van der Waals surface area (Å²) in [6.07, 6.45) is 18.2. The van der Waals surface area contributed by atoms with Gasteiger partial charge in [-0.25, -0.2) is 0 Å². The van der Waals surface area contributed by atoms with Crippen LogP contribution in [-0.2, 0) is 0 Å². The van der Waals surface area contributed by atoms with E-state index in [2.05, 4.69) is 48.2 Å². The van der Waals surface area contributed by atoms with Crippen molar-refractivity contribution in [2.75, 3.05) is 19.6 Å². The van der Waals surface area contributed by atoms with Gasteiger partial charge in [0.05, 0.1) is 6.26 Å². The molecule has 1 aliphatic carbocycles. The van der Waals surface area contributed by atoms with Gasteiger partial charge in [-0.2, -0.15) is 0 Å². The largest absolute Gasteiger partial charge is 0.464 e. The van der Waals surface area contributed by atoms with E-state index in [1.807, 2.05) is 18.5 Å². The normalized spacial score (nSPS) is 19.4. The monoisotopic (exact) mass is 442 g/mol. The van der Waals surface area contributed by atoms with E-state index in [0.717, 1.165) is 31.0 Å². The van der Waals surface area contributed by atoms with Gasteiger partial charge in [-0.15, -0.1) is 0 Å². The molecule has 0 saturated heterocycles. The summed E-state index contributed by atoms with van der Waals surface area (Å²) in [5.41, 5.74) is 6.37. The Bertz CT molecular complexity index is 1060. The zero-order valence-corrected chi connectivity index (χ0v) is 20.1. The van der Waals surface area contributed by atoms with Crippen molar-refractivity contribution in [2.45, 2.75) is 70.6 Å². The van der Waals surface area contributed by atoms with Gasteiger partial charge >= 0.3 is 0 Å². The molecule has 3 heteroatoms. The molecule has 1 unspecified atom stereocenters. The highest BCUT2D eigenvalue weighted by atomic mass is 16.3. The topological polar surface area (TPSA) is 29.3 Å². The number of rotatable bonds is 7. The first-order valence-electron chi connectivity index (χ1n) is 13.1. The van der Waals surface area contributed by atoms with Crippen LogP contribution < -0.4 is 0 Å². The van der Waals surface area contributed by atoms with Gasteiger partial charge in [0, 0.05) is 35.3 Å². The Morgan fingerprint density at radius 2 is 1.97 bits per heavy atom. The molecule has 2 aromatic heterocycles. The van der Waals surface area contributed by atoms with Gasteiger partial charge in [0.25, 0.3) is 0 Å². The molecule has 1 fully saturated rings. The molecule has 2 aliphatic rings. The van der Waals surface area contributed by atoms with Crippen LogP contribution in [0.25, 0.3) is 16.5 Å². The van der Waals surface area contributed by atoms with Gasteiger partial charge in [0.15, 0.2) is 0 Å². The lowest BCUT2D eigenvalue weighted by Crippen LogP contribution is -2.27. The lowest BCUT2D eigenvalue weighted by Gasteiger charge is -2.28. The van der Waals surface area contributed by atoms with Gasteiger partial charge in [-0.3, -0.25) is 9.88 Å². The Hall–Kier alpha value is -2.39. The summed E-state index contributed by atoms with van der Waals surface area (Å²) in [5, 5.41) is 1.25. The Morgan fingerprint density at radius 3 is 2.82 bits per heavy atom. The van der Waals surface area contributed by atoms with Crippen molar-refractivity contribution in [3.8, 4) is 0 Å². The van der Waals surface area contributed by atoms with Crippen LogP contribution in [0, 0.1) is 12.8 Å². The van der Waals surface area contributed by atoms with Crippen LogP contribution in [0.5, 0.6) is 0 Å². The second kappa shape index (κ2) is 10.7. The van der Waals surface area contributed by atoms with Crippen molar-refractivity contribution < 1.29 is 4.42 Å². The zero-order valence-electron chi connectivity index (χ0n) is 20.1. The second-order valence-corrected chi connectivity index (χ2v) is 10.2. The zero-order chi connectivity index (χ0) is 22.5. The van der Waals surface area contributed by atoms with Crippen molar-refractivity contribution in [3.63, 3.8) is 0 Å². The van der Waals surface area contributed by atoms with Crippen LogP contribution in [0.4, 0.5) is 0 Å². The number of aryl methyl sites for hydroxylation is 1. The molecule has 1 atom stereocenters. The smallest absolute Gasteiger partial charge is 0.141 e. The number of nitrogens with zero attached hydrogens (tertiary/aromatic N) is 2. The number of pyridine rings is 1. The molecule has 174 valence electrons.